The van der Waals surface area contributed by atoms with Crippen molar-refractivity contribution in [1.29, 1.82) is 0 Å². The summed E-state index contributed by atoms with van der Waals surface area (Å²) in [6, 6.07) is 4.79. The molecule has 1 aromatic rings. The van der Waals surface area contributed by atoms with Crippen LogP contribution in [0.15, 0.2) is 24.3 Å². The number of alkyl halides is 9. The van der Waals surface area contributed by atoms with E-state index in [1.165, 1.54) is 44.2 Å². The van der Waals surface area contributed by atoms with E-state index in [1.807, 2.05) is 0 Å². The van der Waals surface area contributed by atoms with Crippen LogP contribution < -0.4 is 4.74 Å². The average Bonchev–Trinajstić information content (AvgIpc) is 2.83. The Labute approximate surface area is 210 Å². The maximum Gasteiger partial charge on any atom is 0.460 e. The predicted molar refractivity (Wildman–Crippen MR) is 120 cm³/mol. The zero-order valence-corrected chi connectivity index (χ0v) is 20.7. The molecule has 0 atom stereocenters. The van der Waals surface area contributed by atoms with Crippen LogP contribution in [0.3, 0.4) is 0 Å². The quantitative estimate of drug-likeness (QED) is 0.106. The lowest BCUT2D eigenvalue weighted by molar-refractivity contribution is -0.396. The van der Waals surface area contributed by atoms with E-state index in [2.05, 4.69) is 6.92 Å². The average molecular weight is 549 g/mol. The number of carbonyl (C=O) groups is 1. The van der Waals surface area contributed by atoms with Gasteiger partial charge in [-0.1, -0.05) is 57.6 Å². The maximum absolute atomic E-state index is 13.7. The first kappa shape index (κ1) is 31.3. The normalized spacial score (nSPS) is 19.6. The first-order valence-corrected chi connectivity index (χ1v) is 12.6. The Balaban J connectivity index is 1.83. The van der Waals surface area contributed by atoms with Gasteiger partial charge in [-0.2, -0.15) is 39.5 Å². The minimum atomic E-state index is -6.89. The molecule has 1 fully saturated rings. The van der Waals surface area contributed by atoms with Gasteiger partial charge in [0.15, 0.2) is 0 Å². The van der Waals surface area contributed by atoms with Crippen LogP contribution in [-0.4, -0.2) is 29.9 Å². The van der Waals surface area contributed by atoms with Crippen LogP contribution in [0.25, 0.3) is 0 Å². The predicted octanol–water partition coefficient (Wildman–Crippen LogP) is 9.16. The van der Waals surface area contributed by atoms with Crippen molar-refractivity contribution in [2.45, 2.75) is 108 Å². The largest absolute Gasteiger partial charge is 0.460 e. The van der Waals surface area contributed by atoms with Gasteiger partial charge in [-0.05, 0) is 55.7 Å². The molecule has 1 saturated carbocycles. The lowest BCUT2D eigenvalue weighted by atomic mass is 9.80. The van der Waals surface area contributed by atoms with Crippen molar-refractivity contribution < 1.29 is 49.0 Å². The second-order valence-electron chi connectivity index (χ2n) is 9.84. The molecule has 0 N–H and O–H groups in total. The number of ether oxygens (including phenoxy) is 1. The zero-order valence-electron chi connectivity index (χ0n) is 20.7. The molecular formula is C26H33F9O2. The van der Waals surface area contributed by atoms with Gasteiger partial charge < -0.3 is 4.74 Å². The van der Waals surface area contributed by atoms with Crippen molar-refractivity contribution >= 4 is 5.97 Å². The molecule has 1 aliphatic carbocycles. The molecule has 11 heteroatoms. The number of esters is 1. The number of hydrogen-bond donors (Lipinski definition) is 0. The third-order valence-corrected chi connectivity index (χ3v) is 6.98. The second-order valence-corrected chi connectivity index (χ2v) is 9.84. The Morgan fingerprint density at radius 2 is 1.38 bits per heavy atom. The number of rotatable bonds is 13. The van der Waals surface area contributed by atoms with E-state index in [1.54, 1.807) is 0 Å². The number of aryl methyl sites for hydroxylation is 1. The van der Waals surface area contributed by atoms with Crippen molar-refractivity contribution in [1.82, 2.24) is 0 Å². The molecule has 0 amide bonds. The highest BCUT2D eigenvalue weighted by Gasteiger charge is 2.81. The maximum atomic E-state index is 13.7. The fourth-order valence-corrected chi connectivity index (χ4v) is 4.51. The number of carbonyl (C=O) groups excluding carboxylic acids is 1. The minimum absolute atomic E-state index is 0.0231. The van der Waals surface area contributed by atoms with Gasteiger partial charge in [-0.3, -0.25) is 4.79 Å². The minimum Gasteiger partial charge on any atom is -0.426 e. The summed E-state index contributed by atoms with van der Waals surface area (Å²) in [5.74, 6) is -19.2. The molecule has 0 aliphatic heterocycles. The van der Waals surface area contributed by atoms with Crippen molar-refractivity contribution in [3.63, 3.8) is 0 Å². The summed E-state index contributed by atoms with van der Waals surface area (Å²) >= 11 is 0. The van der Waals surface area contributed by atoms with Crippen LogP contribution in [0.2, 0.25) is 0 Å². The standard InChI is InChI=1S/C26H33F9O2/c1-2-3-4-5-6-7-18-8-12-20(13-9-18)22(36)37-21-14-10-19(11-15-21)16-17-23(27,28)24(29,30)25(31,32)26(33,34)35/h10-11,14-15,18,20H,2-9,12-13,16-17H2,1H3/t18-,20-. The molecule has 37 heavy (non-hydrogen) atoms. The van der Waals surface area contributed by atoms with Gasteiger partial charge in [0, 0.05) is 6.42 Å². The molecule has 2 nitrogen and oxygen atoms in total. The Morgan fingerprint density at radius 1 is 0.811 bits per heavy atom. The van der Waals surface area contributed by atoms with E-state index >= 15 is 0 Å². The van der Waals surface area contributed by atoms with Gasteiger partial charge in [-0.25, -0.2) is 0 Å². The second kappa shape index (κ2) is 12.7. The lowest BCUT2D eigenvalue weighted by Gasteiger charge is -2.33. The third-order valence-electron chi connectivity index (χ3n) is 6.98. The molecule has 1 aromatic carbocycles. The van der Waals surface area contributed by atoms with Crippen LogP contribution in [0.1, 0.15) is 83.1 Å². The molecule has 0 radical (unpaired) electrons. The highest BCUT2D eigenvalue weighted by atomic mass is 19.4. The van der Waals surface area contributed by atoms with Crippen molar-refractivity contribution in [2.24, 2.45) is 11.8 Å². The molecular weight excluding hydrogens is 515 g/mol. The molecule has 2 rings (SSSR count). The SMILES string of the molecule is CCCCCCC[C@H]1CC[C@H](C(=O)Oc2ccc(CCC(F)(F)C(F)(F)C(F)(F)C(F)(F)F)cc2)CC1. The van der Waals surface area contributed by atoms with E-state index in [4.69, 9.17) is 4.74 Å². The van der Waals surface area contributed by atoms with Gasteiger partial charge in [0.2, 0.25) is 0 Å². The third kappa shape index (κ3) is 8.02. The lowest BCUT2D eigenvalue weighted by Crippen LogP contribution is -2.60. The smallest absolute Gasteiger partial charge is 0.426 e. The monoisotopic (exact) mass is 548 g/mol. The topological polar surface area (TPSA) is 26.3 Å². The summed E-state index contributed by atoms with van der Waals surface area (Å²) in [6.07, 6.45) is 0.791. The van der Waals surface area contributed by atoms with Gasteiger partial charge in [0.25, 0.3) is 0 Å². The summed E-state index contributed by atoms with van der Waals surface area (Å²) in [7, 11) is 0. The summed E-state index contributed by atoms with van der Waals surface area (Å²) < 4.78 is 122. The molecule has 212 valence electrons. The van der Waals surface area contributed by atoms with Crippen LogP contribution in [0.5, 0.6) is 5.75 Å². The molecule has 0 unspecified atom stereocenters. The number of unbranched alkanes of at least 4 members (excludes halogenated alkanes) is 4. The van der Waals surface area contributed by atoms with Gasteiger partial charge >= 0.3 is 29.9 Å². The summed E-state index contributed by atoms with van der Waals surface area (Å²) in [5, 5.41) is 0. The highest BCUT2D eigenvalue weighted by Crippen LogP contribution is 2.54. The van der Waals surface area contributed by atoms with Gasteiger partial charge in [0.1, 0.15) is 5.75 Å². The Morgan fingerprint density at radius 3 is 1.92 bits per heavy atom. The summed E-state index contributed by atoms with van der Waals surface area (Å²) in [4.78, 5) is 12.5. The Kier molecular flexibility index (Phi) is 10.8. The van der Waals surface area contributed by atoms with Crippen LogP contribution in [-0.2, 0) is 11.2 Å². The van der Waals surface area contributed by atoms with Crippen LogP contribution in [0.4, 0.5) is 39.5 Å². The Hall–Kier alpha value is -1.94. The molecule has 0 saturated heterocycles. The van der Waals surface area contributed by atoms with E-state index in [0.29, 0.717) is 18.8 Å². The number of halogens is 9. The first-order chi connectivity index (χ1) is 17.1. The molecule has 0 spiro atoms. The molecule has 0 aromatic heterocycles. The van der Waals surface area contributed by atoms with Crippen LogP contribution in [0, 0.1) is 11.8 Å². The van der Waals surface area contributed by atoms with Crippen LogP contribution >= 0.6 is 0 Å². The van der Waals surface area contributed by atoms with Crippen molar-refractivity contribution in [3.8, 4) is 5.75 Å². The fourth-order valence-electron chi connectivity index (χ4n) is 4.51. The van der Waals surface area contributed by atoms with Crippen molar-refractivity contribution in [2.75, 3.05) is 0 Å². The number of benzene rings is 1. The number of hydrogen-bond acceptors (Lipinski definition) is 2. The zero-order chi connectivity index (χ0) is 27.9. The van der Waals surface area contributed by atoms with E-state index < -0.39 is 42.8 Å². The van der Waals surface area contributed by atoms with Crippen molar-refractivity contribution in [3.05, 3.63) is 29.8 Å². The Bertz CT molecular complexity index is 843. The first-order valence-electron chi connectivity index (χ1n) is 12.6. The molecule has 0 heterocycles. The van der Waals surface area contributed by atoms with E-state index in [9.17, 15) is 44.3 Å². The fraction of sp³-hybridized carbons (Fsp3) is 0.731. The molecule has 1 aliphatic rings. The van der Waals surface area contributed by atoms with Gasteiger partial charge in [0.05, 0.1) is 5.92 Å². The highest BCUT2D eigenvalue weighted by molar-refractivity contribution is 5.75. The summed E-state index contributed by atoms with van der Waals surface area (Å²) in [6.45, 7) is 2.16. The summed E-state index contributed by atoms with van der Waals surface area (Å²) in [5.41, 5.74) is -0.0231. The molecule has 0 bridgehead atoms. The van der Waals surface area contributed by atoms with E-state index in [0.717, 1.165) is 31.4 Å². The van der Waals surface area contributed by atoms with Gasteiger partial charge in [-0.15, -0.1) is 0 Å². The van der Waals surface area contributed by atoms with E-state index in [-0.39, 0.29) is 17.2 Å².